The predicted octanol–water partition coefficient (Wildman–Crippen LogP) is 2.20. The van der Waals surface area contributed by atoms with Gasteiger partial charge in [-0.25, -0.2) is 9.97 Å². The highest BCUT2D eigenvalue weighted by Crippen LogP contribution is 2.38. The van der Waals surface area contributed by atoms with Crippen LogP contribution >= 0.6 is 0 Å². The average Bonchev–Trinajstić information content (AvgIpc) is 3.44. The van der Waals surface area contributed by atoms with Gasteiger partial charge in [0.05, 0.1) is 12.0 Å². The van der Waals surface area contributed by atoms with Crippen LogP contribution in [0.3, 0.4) is 0 Å². The molecule has 0 aromatic carbocycles. The highest BCUT2D eigenvalue weighted by molar-refractivity contribution is 6.02. The topological polar surface area (TPSA) is 98.8 Å². The summed E-state index contributed by atoms with van der Waals surface area (Å²) in [5, 5.41) is 14.8. The van der Waals surface area contributed by atoms with Crippen LogP contribution in [-0.4, -0.2) is 76.4 Å². The number of amides is 1. The third-order valence-electron chi connectivity index (χ3n) is 7.06. The Balaban J connectivity index is 1.59. The van der Waals surface area contributed by atoms with Crippen molar-refractivity contribution in [1.82, 2.24) is 20.0 Å². The first-order chi connectivity index (χ1) is 15.7. The van der Waals surface area contributed by atoms with E-state index < -0.39 is 5.60 Å². The molecule has 0 bridgehead atoms. The Bertz CT molecular complexity index is 1060. The Kier molecular flexibility index (Phi) is 5.64. The van der Waals surface area contributed by atoms with Crippen molar-refractivity contribution in [2.45, 2.75) is 70.4 Å². The fraction of sp³-hybridized carbons (Fsp3) is 0.667. The van der Waals surface area contributed by atoms with Crippen LogP contribution < -0.4 is 9.80 Å². The molecule has 0 radical (unpaired) electrons. The lowest BCUT2D eigenvalue weighted by molar-refractivity contribution is -0.117. The van der Waals surface area contributed by atoms with Gasteiger partial charge in [0.2, 0.25) is 5.91 Å². The molecule has 5 rings (SSSR count). The van der Waals surface area contributed by atoms with Gasteiger partial charge in [-0.2, -0.15) is 0 Å². The van der Waals surface area contributed by atoms with Crippen molar-refractivity contribution in [1.29, 1.82) is 0 Å². The van der Waals surface area contributed by atoms with Gasteiger partial charge in [-0.15, -0.1) is 0 Å². The maximum atomic E-state index is 13.2. The first kappa shape index (κ1) is 22.3. The number of fused-ring (bicyclic) bond motifs is 2. The molecule has 1 N–H and O–H groups in total. The zero-order valence-corrected chi connectivity index (χ0v) is 20.1. The van der Waals surface area contributed by atoms with Gasteiger partial charge in [0, 0.05) is 43.7 Å². The Morgan fingerprint density at radius 2 is 1.97 bits per heavy atom. The van der Waals surface area contributed by atoms with Crippen molar-refractivity contribution in [3.05, 3.63) is 16.9 Å². The third-order valence-corrected chi connectivity index (χ3v) is 7.06. The number of aliphatic hydroxyl groups is 1. The Labute approximate surface area is 194 Å². The van der Waals surface area contributed by atoms with Crippen molar-refractivity contribution in [3.8, 4) is 11.5 Å². The Hall–Kier alpha value is -2.52. The Morgan fingerprint density at radius 3 is 2.70 bits per heavy atom. The predicted molar refractivity (Wildman–Crippen MR) is 125 cm³/mol. The maximum absolute atomic E-state index is 13.2. The number of anilines is 2. The molecule has 1 unspecified atom stereocenters. The van der Waals surface area contributed by atoms with Crippen LogP contribution in [0.25, 0.3) is 11.5 Å². The number of hydrogen-bond donors (Lipinski definition) is 1. The summed E-state index contributed by atoms with van der Waals surface area (Å²) in [7, 11) is 4.02. The summed E-state index contributed by atoms with van der Waals surface area (Å²) in [5.41, 5.74) is 1.69. The summed E-state index contributed by atoms with van der Waals surface area (Å²) >= 11 is 0. The molecule has 1 atom stereocenters. The van der Waals surface area contributed by atoms with Crippen molar-refractivity contribution in [2.75, 3.05) is 43.5 Å². The van der Waals surface area contributed by atoms with E-state index >= 15 is 0 Å². The molecule has 4 heterocycles. The highest BCUT2D eigenvalue weighted by atomic mass is 16.5. The SMILES string of the molecule is CN(CC(C)(C)O)c1nc(-c2noc3c2CCCC3)nc2c1CC(=O)N2CC1CCCN1C. The first-order valence-corrected chi connectivity index (χ1v) is 12.0. The summed E-state index contributed by atoms with van der Waals surface area (Å²) in [4.78, 5) is 29.0. The molecular weight excluding hydrogens is 420 g/mol. The quantitative estimate of drug-likeness (QED) is 0.709. The minimum Gasteiger partial charge on any atom is -0.389 e. The maximum Gasteiger partial charge on any atom is 0.232 e. The minimum atomic E-state index is -0.908. The number of carbonyl (C=O) groups excluding carboxylic acids is 1. The van der Waals surface area contributed by atoms with Crippen molar-refractivity contribution in [2.24, 2.45) is 0 Å². The number of rotatable bonds is 6. The molecule has 3 aliphatic rings. The molecular formula is C24H34N6O3. The molecule has 0 spiro atoms. The van der Waals surface area contributed by atoms with Crippen molar-refractivity contribution in [3.63, 3.8) is 0 Å². The van der Waals surface area contributed by atoms with E-state index in [1.54, 1.807) is 13.8 Å². The van der Waals surface area contributed by atoms with Crippen LogP contribution in [-0.2, 0) is 24.1 Å². The van der Waals surface area contributed by atoms with Gasteiger partial charge in [0.25, 0.3) is 0 Å². The number of aryl methyl sites for hydroxylation is 1. The molecule has 2 aromatic heterocycles. The van der Waals surface area contributed by atoms with Crippen molar-refractivity contribution < 1.29 is 14.4 Å². The standard InChI is InChI=1S/C24H34N6O3/c1-24(2,32)14-29(4)22-17-12-19(31)30(13-15-8-7-11-28(15)3)23(17)26-21(25-22)20-16-9-5-6-10-18(16)33-27-20/h15,32H,5-14H2,1-4H3. The molecule has 1 amide bonds. The Morgan fingerprint density at radius 1 is 1.18 bits per heavy atom. The van der Waals surface area contributed by atoms with Gasteiger partial charge in [-0.05, 0) is 59.5 Å². The molecule has 2 aromatic rings. The lowest BCUT2D eigenvalue weighted by atomic mass is 9.96. The third kappa shape index (κ3) is 4.24. The molecule has 33 heavy (non-hydrogen) atoms. The second kappa shape index (κ2) is 8.36. The summed E-state index contributed by atoms with van der Waals surface area (Å²) in [6.45, 7) is 5.61. The van der Waals surface area contributed by atoms with E-state index in [1.807, 2.05) is 16.8 Å². The van der Waals surface area contributed by atoms with Crippen LogP contribution in [0.4, 0.5) is 11.6 Å². The van der Waals surface area contributed by atoms with Crippen LogP contribution in [0.2, 0.25) is 0 Å². The zero-order chi connectivity index (χ0) is 23.3. The van der Waals surface area contributed by atoms with E-state index in [2.05, 4.69) is 17.1 Å². The molecule has 9 nitrogen and oxygen atoms in total. The van der Waals surface area contributed by atoms with Gasteiger partial charge < -0.3 is 19.4 Å². The zero-order valence-electron chi connectivity index (χ0n) is 20.1. The van der Waals surface area contributed by atoms with E-state index in [0.717, 1.165) is 62.0 Å². The summed E-state index contributed by atoms with van der Waals surface area (Å²) in [5.74, 6) is 2.83. The molecule has 1 aliphatic carbocycles. The van der Waals surface area contributed by atoms with E-state index in [4.69, 9.17) is 14.5 Å². The largest absolute Gasteiger partial charge is 0.389 e. The van der Waals surface area contributed by atoms with Crippen molar-refractivity contribution >= 4 is 17.5 Å². The molecule has 0 saturated carbocycles. The lowest BCUT2D eigenvalue weighted by Crippen LogP contribution is -2.40. The fourth-order valence-electron chi connectivity index (χ4n) is 5.45. The van der Waals surface area contributed by atoms with Gasteiger partial charge in [-0.1, -0.05) is 5.16 Å². The van der Waals surface area contributed by atoms with E-state index in [-0.39, 0.29) is 12.3 Å². The number of aromatic nitrogens is 3. The first-order valence-electron chi connectivity index (χ1n) is 12.0. The summed E-state index contributed by atoms with van der Waals surface area (Å²) in [6.07, 6.45) is 6.48. The second-order valence-corrected chi connectivity index (χ2v) is 10.4. The van der Waals surface area contributed by atoms with Gasteiger partial charge in [0.1, 0.15) is 17.4 Å². The van der Waals surface area contributed by atoms with E-state index in [1.165, 1.54) is 0 Å². The van der Waals surface area contributed by atoms with E-state index in [9.17, 15) is 9.90 Å². The molecule has 1 fully saturated rings. The number of hydrogen-bond acceptors (Lipinski definition) is 8. The minimum absolute atomic E-state index is 0.0526. The summed E-state index contributed by atoms with van der Waals surface area (Å²) < 4.78 is 5.64. The van der Waals surface area contributed by atoms with E-state index in [0.29, 0.717) is 42.3 Å². The molecule has 2 aliphatic heterocycles. The molecule has 1 saturated heterocycles. The van der Waals surface area contributed by atoms with Crippen LogP contribution in [0, 0.1) is 0 Å². The van der Waals surface area contributed by atoms with Crippen LogP contribution in [0.1, 0.15) is 56.4 Å². The summed E-state index contributed by atoms with van der Waals surface area (Å²) in [6, 6.07) is 0.329. The number of nitrogens with zero attached hydrogens (tertiary/aromatic N) is 6. The number of carbonyl (C=O) groups is 1. The fourth-order valence-corrected chi connectivity index (χ4v) is 5.45. The second-order valence-electron chi connectivity index (χ2n) is 10.4. The average molecular weight is 455 g/mol. The highest BCUT2D eigenvalue weighted by Gasteiger charge is 2.37. The lowest BCUT2D eigenvalue weighted by Gasteiger charge is -2.29. The van der Waals surface area contributed by atoms with Crippen LogP contribution in [0.15, 0.2) is 4.52 Å². The van der Waals surface area contributed by atoms with Gasteiger partial charge in [-0.3, -0.25) is 9.69 Å². The monoisotopic (exact) mass is 454 g/mol. The molecule has 178 valence electrons. The molecule has 9 heteroatoms. The smallest absolute Gasteiger partial charge is 0.232 e. The number of likely N-dealkylation sites (N-methyl/N-ethyl adjacent to an activating group) is 2. The number of likely N-dealkylation sites (tertiary alicyclic amines) is 1. The van der Waals surface area contributed by atoms with Crippen LogP contribution in [0.5, 0.6) is 0 Å². The van der Waals surface area contributed by atoms with Gasteiger partial charge >= 0.3 is 0 Å². The normalized spacial score (nSPS) is 20.9. The van der Waals surface area contributed by atoms with Gasteiger partial charge in [0.15, 0.2) is 11.5 Å².